The van der Waals surface area contributed by atoms with Gasteiger partial charge in [-0.05, 0) is 36.4 Å². The molecule has 0 aliphatic heterocycles. The van der Waals surface area contributed by atoms with Crippen LogP contribution >= 0.6 is 27.5 Å². The zero-order chi connectivity index (χ0) is 16.9. The molecule has 0 radical (unpaired) electrons. The second-order valence-corrected chi connectivity index (χ2v) is 6.15. The van der Waals surface area contributed by atoms with Gasteiger partial charge in [-0.2, -0.15) is 5.10 Å². The maximum absolute atomic E-state index is 12.2. The van der Waals surface area contributed by atoms with E-state index in [1.165, 1.54) is 12.7 Å². The number of anilines is 1. The summed E-state index contributed by atoms with van der Waals surface area (Å²) in [6.07, 6.45) is 2.95. The van der Waals surface area contributed by atoms with Gasteiger partial charge in [0.2, 0.25) is 0 Å². The van der Waals surface area contributed by atoms with E-state index in [4.69, 9.17) is 16.3 Å². The van der Waals surface area contributed by atoms with E-state index in [2.05, 4.69) is 31.3 Å². The Balaban J connectivity index is 1.71. The van der Waals surface area contributed by atoms with Gasteiger partial charge in [-0.1, -0.05) is 33.6 Å². The maximum atomic E-state index is 12.2. The van der Waals surface area contributed by atoms with Crippen LogP contribution in [0.5, 0.6) is 5.75 Å². The predicted octanol–water partition coefficient (Wildman–Crippen LogP) is 3.70. The van der Waals surface area contributed by atoms with Crippen LogP contribution in [-0.4, -0.2) is 27.3 Å². The molecular weight excluding hydrogens is 396 g/mol. The molecule has 6 nitrogen and oxygen atoms in total. The Bertz CT molecular complexity index is 855. The highest BCUT2D eigenvalue weighted by molar-refractivity contribution is 9.10. The maximum Gasteiger partial charge on any atom is 0.262 e. The molecule has 0 fully saturated rings. The first kappa shape index (κ1) is 16.5. The van der Waals surface area contributed by atoms with Crippen molar-refractivity contribution in [1.29, 1.82) is 0 Å². The Kier molecular flexibility index (Phi) is 5.12. The predicted molar refractivity (Wildman–Crippen MR) is 94.6 cm³/mol. The van der Waals surface area contributed by atoms with E-state index in [1.54, 1.807) is 35.0 Å². The number of aromatic nitrogens is 3. The molecule has 1 heterocycles. The molecule has 3 aromatic rings. The highest BCUT2D eigenvalue weighted by atomic mass is 79.9. The molecule has 1 N–H and O–H groups in total. The molecule has 3 rings (SSSR count). The van der Waals surface area contributed by atoms with Crippen LogP contribution in [0.4, 0.5) is 5.69 Å². The first-order chi connectivity index (χ1) is 11.6. The summed E-state index contributed by atoms with van der Waals surface area (Å²) in [6, 6.07) is 12.4. The number of nitrogens with one attached hydrogen (secondary N) is 1. The molecule has 122 valence electrons. The average Bonchev–Trinajstić information content (AvgIpc) is 3.07. The standard InChI is InChI=1S/C16H12BrClN4O2/c17-11-2-1-3-13(6-11)24-8-16(23)21-14-7-12(18)4-5-15(14)22-10-19-9-20-22/h1-7,9-10H,8H2,(H,21,23). The van der Waals surface area contributed by atoms with Crippen molar-refractivity contribution >= 4 is 39.1 Å². The minimum atomic E-state index is -0.307. The Hall–Kier alpha value is -2.38. The van der Waals surface area contributed by atoms with Crippen molar-refractivity contribution < 1.29 is 9.53 Å². The van der Waals surface area contributed by atoms with Crippen molar-refractivity contribution in [3.05, 3.63) is 64.6 Å². The summed E-state index contributed by atoms with van der Waals surface area (Å²) in [5, 5.41) is 7.34. The number of halogens is 2. The molecule has 0 unspecified atom stereocenters. The van der Waals surface area contributed by atoms with Gasteiger partial charge in [0.25, 0.3) is 5.91 Å². The van der Waals surface area contributed by atoms with Gasteiger partial charge in [0, 0.05) is 9.50 Å². The summed E-state index contributed by atoms with van der Waals surface area (Å²) in [6.45, 7) is -0.125. The van der Waals surface area contributed by atoms with Gasteiger partial charge in [0.1, 0.15) is 18.4 Å². The number of rotatable bonds is 5. The molecule has 1 amide bonds. The minimum Gasteiger partial charge on any atom is -0.484 e. The lowest BCUT2D eigenvalue weighted by Crippen LogP contribution is -2.21. The summed E-state index contributed by atoms with van der Waals surface area (Å²) in [5.74, 6) is 0.292. The third kappa shape index (κ3) is 4.12. The Morgan fingerprint density at radius 1 is 1.29 bits per heavy atom. The van der Waals surface area contributed by atoms with E-state index in [9.17, 15) is 4.79 Å². The zero-order valence-electron chi connectivity index (χ0n) is 12.3. The third-order valence-corrected chi connectivity index (χ3v) is 3.79. The van der Waals surface area contributed by atoms with E-state index in [0.717, 1.165) is 4.47 Å². The number of benzene rings is 2. The van der Waals surface area contributed by atoms with Crippen LogP contribution in [0.25, 0.3) is 5.69 Å². The van der Waals surface area contributed by atoms with Crippen LogP contribution < -0.4 is 10.1 Å². The molecule has 8 heteroatoms. The molecule has 0 atom stereocenters. The van der Waals surface area contributed by atoms with E-state index in [0.29, 0.717) is 22.1 Å². The molecular formula is C16H12BrClN4O2. The van der Waals surface area contributed by atoms with Crippen molar-refractivity contribution in [3.8, 4) is 11.4 Å². The van der Waals surface area contributed by atoms with Crippen LogP contribution in [0.3, 0.4) is 0 Å². The van der Waals surface area contributed by atoms with Crippen molar-refractivity contribution in [2.75, 3.05) is 11.9 Å². The van der Waals surface area contributed by atoms with Crippen LogP contribution in [0.2, 0.25) is 5.02 Å². The van der Waals surface area contributed by atoms with Gasteiger partial charge in [0.05, 0.1) is 11.4 Å². The average molecular weight is 408 g/mol. The molecule has 0 aliphatic carbocycles. The van der Waals surface area contributed by atoms with E-state index < -0.39 is 0 Å². The number of carbonyl (C=O) groups excluding carboxylic acids is 1. The Morgan fingerprint density at radius 3 is 2.92 bits per heavy atom. The fourth-order valence-electron chi connectivity index (χ4n) is 2.03. The van der Waals surface area contributed by atoms with E-state index >= 15 is 0 Å². The highest BCUT2D eigenvalue weighted by Crippen LogP contribution is 2.24. The number of amides is 1. The number of hydrogen-bond donors (Lipinski definition) is 1. The van der Waals surface area contributed by atoms with Gasteiger partial charge in [0.15, 0.2) is 6.61 Å². The lowest BCUT2D eigenvalue weighted by molar-refractivity contribution is -0.118. The molecule has 24 heavy (non-hydrogen) atoms. The third-order valence-electron chi connectivity index (χ3n) is 3.06. The Morgan fingerprint density at radius 2 is 2.17 bits per heavy atom. The summed E-state index contributed by atoms with van der Waals surface area (Å²) < 4.78 is 7.89. The van der Waals surface area contributed by atoms with Crippen molar-refractivity contribution in [3.63, 3.8) is 0 Å². The molecule has 0 saturated heterocycles. The topological polar surface area (TPSA) is 69.0 Å². The number of ether oxygens (including phenoxy) is 1. The van der Waals surface area contributed by atoms with Gasteiger partial charge in [-0.15, -0.1) is 0 Å². The molecule has 0 bridgehead atoms. The second kappa shape index (κ2) is 7.46. The molecule has 1 aromatic heterocycles. The molecule has 0 saturated carbocycles. The van der Waals surface area contributed by atoms with Gasteiger partial charge in [-0.3, -0.25) is 4.79 Å². The lowest BCUT2D eigenvalue weighted by Gasteiger charge is -2.12. The van der Waals surface area contributed by atoms with Crippen molar-refractivity contribution in [1.82, 2.24) is 14.8 Å². The monoisotopic (exact) mass is 406 g/mol. The molecule has 0 aliphatic rings. The number of nitrogens with zero attached hydrogens (tertiary/aromatic N) is 3. The van der Waals surface area contributed by atoms with Crippen LogP contribution in [0.1, 0.15) is 0 Å². The fourth-order valence-corrected chi connectivity index (χ4v) is 2.58. The normalized spacial score (nSPS) is 10.4. The van der Waals surface area contributed by atoms with Crippen LogP contribution in [0.15, 0.2) is 59.6 Å². The Labute approximate surface area is 151 Å². The van der Waals surface area contributed by atoms with Crippen LogP contribution in [0, 0.1) is 0 Å². The first-order valence-electron chi connectivity index (χ1n) is 6.94. The lowest BCUT2D eigenvalue weighted by atomic mass is 10.2. The quantitative estimate of drug-likeness (QED) is 0.700. The smallest absolute Gasteiger partial charge is 0.262 e. The summed E-state index contributed by atoms with van der Waals surface area (Å²) in [7, 11) is 0. The van der Waals surface area contributed by atoms with E-state index in [-0.39, 0.29) is 12.5 Å². The molecule has 0 spiro atoms. The van der Waals surface area contributed by atoms with Crippen LogP contribution in [-0.2, 0) is 4.79 Å². The number of carbonyl (C=O) groups is 1. The minimum absolute atomic E-state index is 0.125. The van der Waals surface area contributed by atoms with Crippen molar-refractivity contribution in [2.45, 2.75) is 0 Å². The highest BCUT2D eigenvalue weighted by Gasteiger charge is 2.11. The zero-order valence-corrected chi connectivity index (χ0v) is 14.7. The van der Waals surface area contributed by atoms with Crippen molar-refractivity contribution in [2.24, 2.45) is 0 Å². The summed E-state index contributed by atoms with van der Waals surface area (Å²) >= 11 is 9.37. The summed E-state index contributed by atoms with van der Waals surface area (Å²) in [5.41, 5.74) is 1.18. The summed E-state index contributed by atoms with van der Waals surface area (Å²) in [4.78, 5) is 16.1. The van der Waals surface area contributed by atoms with E-state index in [1.807, 2.05) is 12.1 Å². The fraction of sp³-hybridized carbons (Fsp3) is 0.0625. The van der Waals surface area contributed by atoms with Gasteiger partial charge in [-0.25, -0.2) is 9.67 Å². The second-order valence-electron chi connectivity index (χ2n) is 4.80. The first-order valence-corrected chi connectivity index (χ1v) is 8.12. The van der Waals surface area contributed by atoms with Gasteiger partial charge >= 0.3 is 0 Å². The number of hydrogen-bond acceptors (Lipinski definition) is 4. The SMILES string of the molecule is O=C(COc1cccc(Br)c1)Nc1cc(Cl)ccc1-n1cncn1. The molecule has 2 aromatic carbocycles. The largest absolute Gasteiger partial charge is 0.484 e. The van der Waals surface area contributed by atoms with Gasteiger partial charge < -0.3 is 10.1 Å².